The molecular weight excluding hydrogens is 408 g/mol. The van der Waals surface area contributed by atoms with Gasteiger partial charge in [-0.1, -0.05) is 0 Å². The first-order valence-electron chi connectivity index (χ1n) is 9.91. The topological polar surface area (TPSA) is 210 Å². The number of hydrogen-bond acceptors (Lipinski definition) is 12. The van der Waals surface area contributed by atoms with Gasteiger partial charge in [-0.2, -0.15) is 0 Å². The molecule has 0 bridgehead atoms. The molecule has 3 rings (SSSR count). The van der Waals surface area contributed by atoms with E-state index in [0.29, 0.717) is 0 Å². The molecule has 0 spiro atoms. The molecule has 12 heteroatoms. The highest BCUT2D eigenvalue weighted by Gasteiger charge is 2.69. The van der Waals surface area contributed by atoms with Crippen molar-refractivity contribution in [2.24, 2.45) is 10.8 Å². The minimum absolute atomic E-state index is 0.268. The van der Waals surface area contributed by atoms with E-state index in [0.717, 1.165) is 0 Å². The summed E-state index contributed by atoms with van der Waals surface area (Å²) >= 11 is 0. The molecular formula is C18H32O12. The van der Waals surface area contributed by atoms with Crippen LogP contribution in [0.15, 0.2) is 0 Å². The molecule has 0 aromatic heterocycles. The van der Waals surface area contributed by atoms with Crippen molar-refractivity contribution in [3.63, 3.8) is 0 Å². The maximum absolute atomic E-state index is 10.7. The van der Waals surface area contributed by atoms with Crippen LogP contribution in [0.25, 0.3) is 0 Å². The van der Waals surface area contributed by atoms with Crippen molar-refractivity contribution in [2.45, 2.75) is 68.0 Å². The largest absolute Gasteiger partial charge is 0.396 e. The van der Waals surface area contributed by atoms with Gasteiger partial charge >= 0.3 is 0 Å². The van der Waals surface area contributed by atoms with E-state index in [1.807, 2.05) is 0 Å². The lowest BCUT2D eigenvalue weighted by molar-refractivity contribution is -0.306. The Bertz CT molecular complexity index is 592. The highest BCUT2D eigenvalue weighted by molar-refractivity contribution is 5.16. The van der Waals surface area contributed by atoms with Crippen molar-refractivity contribution in [1.82, 2.24) is 0 Å². The molecule has 3 aliphatic rings. The van der Waals surface area contributed by atoms with Crippen LogP contribution < -0.4 is 0 Å². The van der Waals surface area contributed by atoms with Crippen LogP contribution in [0, 0.1) is 10.8 Å². The summed E-state index contributed by atoms with van der Waals surface area (Å²) in [5, 5.41) is 92.3. The number of rotatable bonds is 5. The summed E-state index contributed by atoms with van der Waals surface area (Å²) in [6.07, 6.45) is -14.8. The van der Waals surface area contributed by atoms with Gasteiger partial charge in [0, 0.05) is 0 Å². The van der Waals surface area contributed by atoms with E-state index in [4.69, 9.17) is 14.2 Å². The highest BCUT2D eigenvalue weighted by Crippen LogP contribution is 2.55. The van der Waals surface area contributed by atoms with Crippen molar-refractivity contribution in [3.05, 3.63) is 0 Å². The second-order valence-electron chi connectivity index (χ2n) is 8.60. The Morgan fingerprint density at radius 1 is 0.667 bits per heavy atom. The Balaban J connectivity index is 2.06. The third kappa shape index (κ3) is 3.31. The second kappa shape index (κ2) is 8.81. The summed E-state index contributed by atoms with van der Waals surface area (Å²) in [7, 11) is 0. The Kier molecular flexibility index (Phi) is 7.10. The fraction of sp³-hybridized carbons (Fsp3) is 1.00. The lowest BCUT2D eigenvalue weighted by Crippen LogP contribution is -2.72. The van der Waals surface area contributed by atoms with Gasteiger partial charge in [0.25, 0.3) is 0 Å². The van der Waals surface area contributed by atoms with E-state index in [1.165, 1.54) is 6.92 Å². The molecule has 0 aromatic carbocycles. The Morgan fingerprint density at radius 2 is 1.13 bits per heavy atom. The number of aliphatic hydroxyl groups is 9. The number of hydrogen-bond donors (Lipinski definition) is 9. The molecule has 0 aromatic rings. The summed E-state index contributed by atoms with van der Waals surface area (Å²) in [4.78, 5) is 0. The quantitative estimate of drug-likeness (QED) is 0.196. The van der Waals surface area contributed by atoms with Crippen molar-refractivity contribution in [3.8, 4) is 0 Å². The first kappa shape index (κ1) is 24.2. The lowest BCUT2D eigenvalue weighted by atomic mass is 9.56. The van der Waals surface area contributed by atoms with Crippen LogP contribution >= 0.6 is 0 Å². The molecule has 3 saturated heterocycles. The molecule has 9 N–H and O–H groups in total. The molecule has 176 valence electrons. The fourth-order valence-electron chi connectivity index (χ4n) is 5.09. The summed E-state index contributed by atoms with van der Waals surface area (Å²) in [6, 6.07) is 0. The standard InChI is InChI=1S/C18H32O12/c1-7-9(22)11(24)13(26)15(29-7)17(3-20)5-28-6-18(17,4-21)16-14(27)12(25)10(23)8(2-19)30-16/h7-16,19-27H,2-6H2,1H3/t7-,8+,9+,10-,11+,12-,13-,14+,15?,16?,17?,18?/m0/s1. The summed E-state index contributed by atoms with van der Waals surface area (Å²) in [5.74, 6) is 0. The maximum Gasteiger partial charge on any atom is 0.111 e. The molecule has 0 saturated carbocycles. The zero-order valence-corrected chi connectivity index (χ0v) is 16.6. The van der Waals surface area contributed by atoms with Crippen LogP contribution in [0.2, 0.25) is 0 Å². The van der Waals surface area contributed by atoms with Crippen molar-refractivity contribution >= 4 is 0 Å². The average Bonchev–Trinajstić information content (AvgIpc) is 3.13. The van der Waals surface area contributed by atoms with Crippen LogP contribution in [0.1, 0.15) is 6.92 Å². The molecule has 3 heterocycles. The van der Waals surface area contributed by atoms with Crippen molar-refractivity contribution in [2.75, 3.05) is 33.0 Å². The van der Waals surface area contributed by atoms with Gasteiger partial charge in [-0.3, -0.25) is 0 Å². The molecule has 3 fully saturated rings. The van der Waals surface area contributed by atoms with Crippen LogP contribution in [-0.2, 0) is 14.2 Å². The Morgan fingerprint density at radius 3 is 1.60 bits per heavy atom. The highest BCUT2D eigenvalue weighted by atomic mass is 16.6. The molecule has 3 aliphatic heterocycles. The third-order valence-corrected chi connectivity index (χ3v) is 7.11. The molecule has 30 heavy (non-hydrogen) atoms. The molecule has 0 radical (unpaired) electrons. The van der Waals surface area contributed by atoms with Gasteiger partial charge in [0.15, 0.2) is 0 Å². The van der Waals surface area contributed by atoms with Crippen molar-refractivity contribution < 1.29 is 60.2 Å². The van der Waals surface area contributed by atoms with E-state index < -0.39 is 91.7 Å². The Hall–Kier alpha value is -0.480. The Labute approximate surface area is 172 Å². The van der Waals surface area contributed by atoms with Gasteiger partial charge < -0.3 is 60.2 Å². The lowest BCUT2D eigenvalue weighted by Gasteiger charge is -2.56. The van der Waals surface area contributed by atoms with E-state index >= 15 is 0 Å². The van der Waals surface area contributed by atoms with Gasteiger partial charge in [-0.05, 0) is 6.92 Å². The average molecular weight is 440 g/mol. The molecule has 0 aliphatic carbocycles. The molecule has 0 amide bonds. The minimum atomic E-state index is -1.74. The zero-order valence-electron chi connectivity index (χ0n) is 16.6. The smallest absolute Gasteiger partial charge is 0.111 e. The van der Waals surface area contributed by atoms with Crippen LogP contribution in [0.5, 0.6) is 0 Å². The van der Waals surface area contributed by atoms with Gasteiger partial charge in [0.2, 0.25) is 0 Å². The molecule has 12 atom stereocenters. The number of ether oxygens (including phenoxy) is 3. The van der Waals surface area contributed by atoms with Gasteiger partial charge in [-0.25, -0.2) is 0 Å². The predicted octanol–water partition coefficient (Wildman–Crippen LogP) is -5.31. The van der Waals surface area contributed by atoms with Crippen LogP contribution in [-0.4, -0.2) is 140 Å². The minimum Gasteiger partial charge on any atom is -0.396 e. The number of aliphatic hydroxyl groups excluding tert-OH is 9. The van der Waals surface area contributed by atoms with E-state index in [9.17, 15) is 46.0 Å². The summed E-state index contributed by atoms with van der Waals surface area (Å²) in [6.45, 7) is -1.28. The molecule has 12 nitrogen and oxygen atoms in total. The summed E-state index contributed by atoms with van der Waals surface area (Å²) in [5.41, 5.74) is -3.30. The monoisotopic (exact) mass is 440 g/mol. The van der Waals surface area contributed by atoms with Gasteiger partial charge in [0.1, 0.15) is 42.7 Å². The normalized spacial score (nSPS) is 55.0. The maximum atomic E-state index is 10.7. The SMILES string of the molecule is C[C@@H]1OC(C2(CO)COCC2(CO)C2O[C@H](CO)[C@H](O)[C@H](O)[C@H]2O)[C@@H](O)[C@H](O)[C@@H]1O. The fourth-order valence-corrected chi connectivity index (χ4v) is 5.09. The van der Waals surface area contributed by atoms with Gasteiger partial charge in [-0.15, -0.1) is 0 Å². The zero-order chi connectivity index (χ0) is 22.4. The summed E-state index contributed by atoms with van der Waals surface area (Å²) < 4.78 is 16.9. The van der Waals surface area contributed by atoms with E-state index in [1.54, 1.807) is 0 Å². The van der Waals surface area contributed by atoms with Crippen LogP contribution in [0.3, 0.4) is 0 Å². The van der Waals surface area contributed by atoms with Crippen LogP contribution in [0.4, 0.5) is 0 Å². The van der Waals surface area contributed by atoms with E-state index in [2.05, 4.69) is 0 Å². The van der Waals surface area contributed by atoms with Gasteiger partial charge in [0.05, 0.1) is 62.2 Å². The first-order chi connectivity index (χ1) is 14.1. The molecule has 4 unspecified atom stereocenters. The first-order valence-corrected chi connectivity index (χ1v) is 9.91. The van der Waals surface area contributed by atoms with Crippen molar-refractivity contribution in [1.29, 1.82) is 0 Å². The van der Waals surface area contributed by atoms with E-state index in [-0.39, 0.29) is 13.2 Å². The predicted molar refractivity (Wildman–Crippen MR) is 96.0 cm³/mol. The second-order valence-corrected chi connectivity index (χ2v) is 8.60. The third-order valence-electron chi connectivity index (χ3n) is 7.11.